The summed E-state index contributed by atoms with van der Waals surface area (Å²) in [4.78, 5) is 25.7. The molecule has 0 spiro atoms. The number of rotatable bonds is 4. The zero-order valence-corrected chi connectivity index (χ0v) is 16.1. The largest absolute Gasteiger partial charge is 0.334 e. The summed E-state index contributed by atoms with van der Waals surface area (Å²) in [5, 5.41) is 1.02. The van der Waals surface area contributed by atoms with Crippen molar-refractivity contribution in [3.8, 4) is 0 Å². The summed E-state index contributed by atoms with van der Waals surface area (Å²) in [7, 11) is 1.86. The zero-order chi connectivity index (χ0) is 18.1. The Morgan fingerprint density at radius 2 is 1.88 bits per heavy atom. The van der Waals surface area contributed by atoms with Crippen molar-refractivity contribution in [2.24, 2.45) is 0 Å². The second-order valence-corrected chi connectivity index (χ2v) is 7.32. The number of carbonyl (C=O) groups excluding carboxylic acids is 1. The Balaban J connectivity index is 1.99. The molecule has 0 radical (unpaired) electrons. The van der Waals surface area contributed by atoms with Crippen LogP contribution in [0.5, 0.6) is 0 Å². The van der Waals surface area contributed by atoms with E-state index in [0.717, 1.165) is 44.2 Å². The van der Waals surface area contributed by atoms with Crippen LogP contribution in [0.3, 0.4) is 0 Å². The molecule has 1 aromatic carbocycles. The van der Waals surface area contributed by atoms with Gasteiger partial charge in [0.2, 0.25) is 0 Å². The number of aryl methyl sites for hydroxylation is 3. The van der Waals surface area contributed by atoms with Gasteiger partial charge in [-0.2, -0.15) is 0 Å². The fraction of sp³-hybridized carbons (Fsp3) is 0.350. The summed E-state index contributed by atoms with van der Waals surface area (Å²) in [6.45, 7) is 8.08. The molecule has 0 saturated carbocycles. The maximum absolute atomic E-state index is 13.1. The van der Waals surface area contributed by atoms with Crippen LogP contribution in [0, 0.1) is 13.8 Å². The van der Waals surface area contributed by atoms with E-state index in [1.165, 1.54) is 11.3 Å². The number of nitrogens with zero attached hydrogens (tertiary/aromatic N) is 3. The first-order valence-electron chi connectivity index (χ1n) is 8.52. The summed E-state index contributed by atoms with van der Waals surface area (Å²) >= 11 is 1.47. The molecule has 0 aliphatic rings. The van der Waals surface area contributed by atoms with E-state index in [1.54, 1.807) is 4.90 Å². The molecule has 2 heterocycles. The molecule has 3 aromatic rings. The van der Waals surface area contributed by atoms with Gasteiger partial charge in [0.25, 0.3) is 5.91 Å². The smallest absolute Gasteiger partial charge is 0.264 e. The van der Waals surface area contributed by atoms with Crippen molar-refractivity contribution in [1.82, 2.24) is 14.9 Å². The molecule has 5 heteroatoms. The average Bonchev–Trinajstić information content (AvgIpc) is 2.97. The Labute approximate surface area is 152 Å². The lowest BCUT2D eigenvalue weighted by Gasteiger charge is -2.25. The van der Waals surface area contributed by atoms with Crippen molar-refractivity contribution in [3.05, 3.63) is 57.9 Å². The van der Waals surface area contributed by atoms with Crippen LogP contribution >= 0.6 is 11.3 Å². The molecule has 0 N–H and O–H groups in total. The SMILES string of the molecule is CCc1nc(C)c2c(C)c(C(=O)N(C)[C@H](C)c3ccccc3)sc2n1. The fourth-order valence-electron chi connectivity index (χ4n) is 3.05. The fourth-order valence-corrected chi connectivity index (χ4v) is 4.28. The van der Waals surface area contributed by atoms with Crippen molar-refractivity contribution >= 4 is 27.5 Å². The molecule has 1 atom stereocenters. The zero-order valence-electron chi connectivity index (χ0n) is 15.3. The number of carbonyl (C=O) groups is 1. The minimum Gasteiger partial charge on any atom is -0.334 e. The maximum Gasteiger partial charge on any atom is 0.264 e. The molecule has 25 heavy (non-hydrogen) atoms. The Kier molecular flexibility index (Phi) is 4.86. The van der Waals surface area contributed by atoms with E-state index < -0.39 is 0 Å². The molecule has 130 valence electrons. The predicted molar refractivity (Wildman–Crippen MR) is 103 cm³/mol. The molecule has 0 fully saturated rings. The lowest BCUT2D eigenvalue weighted by atomic mass is 10.1. The summed E-state index contributed by atoms with van der Waals surface area (Å²) in [5.74, 6) is 0.866. The minimum atomic E-state index is 0.0108. The molecular weight excluding hydrogens is 330 g/mol. The van der Waals surface area contributed by atoms with Crippen LogP contribution < -0.4 is 0 Å². The lowest BCUT2D eigenvalue weighted by molar-refractivity contribution is 0.0747. The highest BCUT2D eigenvalue weighted by molar-refractivity contribution is 7.20. The first-order valence-corrected chi connectivity index (χ1v) is 9.34. The standard InChI is InChI=1S/C20H23N3OS/c1-6-16-21-13(3)17-12(2)18(25-19(17)22-16)20(24)23(5)14(4)15-10-8-7-9-11-15/h7-11,14H,6H2,1-5H3/t14-/m1/s1. The Morgan fingerprint density at radius 1 is 1.20 bits per heavy atom. The second-order valence-electron chi connectivity index (χ2n) is 6.32. The average molecular weight is 353 g/mol. The Hall–Kier alpha value is -2.27. The Morgan fingerprint density at radius 3 is 2.52 bits per heavy atom. The number of amides is 1. The Bertz CT molecular complexity index is 918. The molecule has 0 saturated heterocycles. The van der Waals surface area contributed by atoms with Gasteiger partial charge in [0, 0.05) is 24.5 Å². The van der Waals surface area contributed by atoms with E-state index in [9.17, 15) is 4.79 Å². The van der Waals surface area contributed by atoms with Crippen LogP contribution in [0.15, 0.2) is 30.3 Å². The van der Waals surface area contributed by atoms with Gasteiger partial charge in [0.05, 0.1) is 10.9 Å². The van der Waals surface area contributed by atoms with E-state index in [0.29, 0.717) is 0 Å². The van der Waals surface area contributed by atoms with E-state index in [4.69, 9.17) is 0 Å². The van der Waals surface area contributed by atoms with Crippen molar-refractivity contribution < 1.29 is 4.79 Å². The van der Waals surface area contributed by atoms with Crippen LogP contribution in [0.1, 0.15) is 52.2 Å². The van der Waals surface area contributed by atoms with Crippen molar-refractivity contribution in [2.75, 3.05) is 7.05 Å². The summed E-state index contributed by atoms with van der Waals surface area (Å²) in [6.07, 6.45) is 0.794. The topological polar surface area (TPSA) is 46.1 Å². The van der Waals surface area contributed by atoms with Crippen LogP contribution in [0.2, 0.25) is 0 Å². The van der Waals surface area contributed by atoms with E-state index >= 15 is 0 Å². The molecule has 2 aromatic heterocycles. The predicted octanol–water partition coefficient (Wildman–Crippen LogP) is 4.70. The van der Waals surface area contributed by atoms with Gasteiger partial charge in [-0.05, 0) is 31.9 Å². The van der Waals surface area contributed by atoms with Gasteiger partial charge in [-0.15, -0.1) is 11.3 Å². The normalized spacial score (nSPS) is 12.4. The van der Waals surface area contributed by atoms with Crippen molar-refractivity contribution in [2.45, 2.75) is 40.2 Å². The van der Waals surface area contributed by atoms with Crippen molar-refractivity contribution in [1.29, 1.82) is 0 Å². The molecule has 0 aliphatic carbocycles. The quantitative estimate of drug-likeness (QED) is 0.683. The van der Waals surface area contributed by atoms with Gasteiger partial charge in [0.15, 0.2) is 0 Å². The van der Waals surface area contributed by atoms with Crippen LogP contribution in [0.4, 0.5) is 0 Å². The number of hydrogen-bond donors (Lipinski definition) is 0. The third-order valence-corrected chi connectivity index (χ3v) is 5.88. The molecule has 3 rings (SSSR count). The maximum atomic E-state index is 13.1. The molecule has 0 bridgehead atoms. The van der Waals surface area contributed by atoms with Gasteiger partial charge < -0.3 is 4.90 Å². The van der Waals surface area contributed by atoms with Crippen LogP contribution in [0.25, 0.3) is 10.2 Å². The number of benzene rings is 1. The molecule has 0 unspecified atom stereocenters. The van der Waals surface area contributed by atoms with E-state index in [1.807, 2.05) is 46.0 Å². The molecular formula is C20H23N3OS. The lowest BCUT2D eigenvalue weighted by Crippen LogP contribution is -2.29. The molecule has 4 nitrogen and oxygen atoms in total. The van der Waals surface area contributed by atoms with E-state index in [2.05, 4.69) is 29.0 Å². The van der Waals surface area contributed by atoms with Gasteiger partial charge in [-0.25, -0.2) is 9.97 Å². The van der Waals surface area contributed by atoms with E-state index in [-0.39, 0.29) is 11.9 Å². The highest BCUT2D eigenvalue weighted by Gasteiger charge is 2.24. The summed E-state index contributed by atoms with van der Waals surface area (Å²) < 4.78 is 0. The minimum absolute atomic E-state index is 0.0108. The summed E-state index contributed by atoms with van der Waals surface area (Å²) in [6, 6.07) is 10.1. The van der Waals surface area contributed by atoms with Crippen LogP contribution in [-0.4, -0.2) is 27.8 Å². The number of thiophene rings is 1. The highest BCUT2D eigenvalue weighted by Crippen LogP contribution is 2.33. The van der Waals surface area contributed by atoms with Gasteiger partial charge in [-0.1, -0.05) is 37.3 Å². The first-order chi connectivity index (χ1) is 11.9. The van der Waals surface area contributed by atoms with Gasteiger partial charge in [0.1, 0.15) is 10.7 Å². The molecule has 1 amide bonds. The highest BCUT2D eigenvalue weighted by atomic mass is 32.1. The monoisotopic (exact) mass is 353 g/mol. The first kappa shape index (κ1) is 17.5. The number of hydrogen-bond acceptors (Lipinski definition) is 4. The van der Waals surface area contributed by atoms with Crippen molar-refractivity contribution in [3.63, 3.8) is 0 Å². The number of aromatic nitrogens is 2. The molecule has 0 aliphatic heterocycles. The van der Waals surface area contributed by atoms with Gasteiger partial charge in [-0.3, -0.25) is 4.79 Å². The third kappa shape index (κ3) is 3.16. The second kappa shape index (κ2) is 6.92. The number of fused-ring (bicyclic) bond motifs is 1. The van der Waals surface area contributed by atoms with Crippen LogP contribution in [-0.2, 0) is 6.42 Å². The summed E-state index contributed by atoms with van der Waals surface area (Å²) in [5.41, 5.74) is 3.06. The van der Waals surface area contributed by atoms with Gasteiger partial charge >= 0.3 is 0 Å². The third-order valence-electron chi connectivity index (χ3n) is 4.71.